The van der Waals surface area contributed by atoms with Crippen LogP contribution < -0.4 is 0 Å². The lowest BCUT2D eigenvalue weighted by molar-refractivity contribution is -0.0215. The van der Waals surface area contributed by atoms with Gasteiger partial charge in [-0.2, -0.15) is 0 Å². The molecule has 216 valence electrons. The second kappa shape index (κ2) is 29.2. The Hall–Kier alpha value is -0.340. The summed E-state index contributed by atoms with van der Waals surface area (Å²) in [6.07, 6.45) is 33.8. The Morgan fingerprint density at radius 1 is 0.389 bits per heavy atom. The molecule has 0 saturated heterocycles. The van der Waals surface area contributed by atoms with Gasteiger partial charge in [-0.25, -0.2) is 10.0 Å². The summed E-state index contributed by atoms with van der Waals surface area (Å²) in [5, 5.41) is 5.42. The molecule has 0 aromatic rings. The van der Waals surface area contributed by atoms with Crippen molar-refractivity contribution in [3.05, 3.63) is 12.2 Å². The minimum Gasteiger partial charge on any atom is -0.241 e. The zero-order valence-electron chi connectivity index (χ0n) is 25.9. The number of hydrazine groups is 1. The van der Waals surface area contributed by atoms with E-state index in [0.717, 1.165) is 6.54 Å². The molecule has 0 rings (SSSR count). The third kappa shape index (κ3) is 25.3. The summed E-state index contributed by atoms with van der Waals surface area (Å²) in [4.78, 5) is 0. The van der Waals surface area contributed by atoms with Gasteiger partial charge in [0.2, 0.25) is 0 Å². The first-order valence-electron chi connectivity index (χ1n) is 16.8. The average Bonchev–Trinajstić information content (AvgIpc) is 2.86. The van der Waals surface area contributed by atoms with Gasteiger partial charge < -0.3 is 0 Å². The fourth-order valence-electron chi connectivity index (χ4n) is 5.31. The molecule has 0 N–H and O–H groups in total. The summed E-state index contributed by atoms with van der Waals surface area (Å²) in [7, 11) is 0. The maximum absolute atomic E-state index is 4.28. The first kappa shape index (κ1) is 35.7. The molecule has 0 aliphatic carbocycles. The molecule has 0 unspecified atom stereocenters. The molecule has 0 heterocycles. The minimum atomic E-state index is 1.05. The van der Waals surface area contributed by atoms with E-state index in [9.17, 15) is 0 Å². The molecule has 36 heavy (non-hydrogen) atoms. The number of hydrogen-bond acceptors (Lipinski definition) is 2. The van der Waals surface area contributed by atoms with Crippen molar-refractivity contribution < 1.29 is 0 Å². The molecule has 0 bridgehead atoms. The van der Waals surface area contributed by atoms with Crippen molar-refractivity contribution in [2.75, 3.05) is 26.2 Å². The van der Waals surface area contributed by atoms with Gasteiger partial charge in [0.15, 0.2) is 0 Å². The summed E-state index contributed by atoms with van der Waals surface area (Å²) in [6.45, 7) is 18.2. The van der Waals surface area contributed by atoms with Crippen molar-refractivity contribution in [3.63, 3.8) is 0 Å². The maximum atomic E-state index is 4.28. The second-order valence-electron chi connectivity index (χ2n) is 11.7. The first-order valence-corrected chi connectivity index (χ1v) is 16.8. The Bertz CT molecular complexity index is 415. The van der Waals surface area contributed by atoms with Crippen LogP contribution in [0.25, 0.3) is 0 Å². The quantitative estimate of drug-likeness (QED) is 0.0543. The monoisotopic (exact) mass is 507 g/mol. The molecule has 0 saturated carbocycles. The van der Waals surface area contributed by atoms with E-state index in [1.807, 2.05) is 0 Å². The lowest BCUT2D eigenvalue weighted by Crippen LogP contribution is -2.45. The highest BCUT2D eigenvalue weighted by molar-refractivity contribution is 4.91. The molecule has 0 atom stereocenters. The van der Waals surface area contributed by atoms with Gasteiger partial charge in [-0.1, -0.05) is 168 Å². The predicted octanol–water partition coefficient (Wildman–Crippen LogP) is 11.5. The Balaban J connectivity index is 4.44. The van der Waals surface area contributed by atoms with E-state index in [1.54, 1.807) is 0 Å². The standard InChI is InChI=1S/C34H70N2/c1-6-9-12-15-18-19-20-23-26-29-32-36(33-34(4)5)35(30-27-24-21-16-13-10-7-2)31-28-25-22-17-14-11-8-3/h4,6-33H2,1-3,5H3. The minimum absolute atomic E-state index is 1.05. The lowest BCUT2D eigenvalue weighted by Gasteiger charge is -2.36. The predicted molar refractivity (Wildman–Crippen MR) is 166 cm³/mol. The molecule has 0 aliphatic rings. The summed E-state index contributed by atoms with van der Waals surface area (Å²) in [5.74, 6) is 0. The Labute approximate surface area is 230 Å². The highest BCUT2D eigenvalue weighted by Gasteiger charge is 2.15. The van der Waals surface area contributed by atoms with Crippen LogP contribution in [0.3, 0.4) is 0 Å². The summed E-state index contributed by atoms with van der Waals surface area (Å²) < 4.78 is 0. The Kier molecular flexibility index (Phi) is 28.9. The van der Waals surface area contributed by atoms with Crippen LogP contribution in [0.1, 0.15) is 182 Å². The molecular weight excluding hydrogens is 436 g/mol. The van der Waals surface area contributed by atoms with Crippen LogP contribution in [0, 0.1) is 0 Å². The van der Waals surface area contributed by atoms with Crippen molar-refractivity contribution in [1.29, 1.82) is 0 Å². The molecular formula is C34H70N2. The van der Waals surface area contributed by atoms with Crippen LogP contribution in [-0.4, -0.2) is 36.2 Å². The third-order valence-electron chi connectivity index (χ3n) is 7.66. The van der Waals surface area contributed by atoms with Crippen LogP contribution in [0.2, 0.25) is 0 Å². The number of nitrogens with zero attached hydrogens (tertiary/aromatic N) is 2. The summed E-state index contributed by atoms with van der Waals surface area (Å²) in [6, 6.07) is 0. The summed E-state index contributed by atoms with van der Waals surface area (Å²) >= 11 is 0. The van der Waals surface area contributed by atoms with Gasteiger partial charge in [0.25, 0.3) is 0 Å². The van der Waals surface area contributed by atoms with Crippen molar-refractivity contribution >= 4 is 0 Å². The van der Waals surface area contributed by atoms with E-state index < -0.39 is 0 Å². The number of unbranched alkanes of at least 4 members (excludes halogenated alkanes) is 21. The highest BCUT2D eigenvalue weighted by atomic mass is 15.6. The zero-order chi connectivity index (χ0) is 26.5. The van der Waals surface area contributed by atoms with Gasteiger partial charge in [0.05, 0.1) is 0 Å². The Morgan fingerprint density at radius 2 is 0.639 bits per heavy atom. The van der Waals surface area contributed by atoms with Gasteiger partial charge >= 0.3 is 0 Å². The van der Waals surface area contributed by atoms with Crippen LogP contribution in [-0.2, 0) is 0 Å². The van der Waals surface area contributed by atoms with Gasteiger partial charge in [-0.3, -0.25) is 0 Å². The molecule has 0 aromatic carbocycles. The third-order valence-corrected chi connectivity index (χ3v) is 7.66. The molecule has 2 heteroatoms. The number of hydrogen-bond donors (Lipinski definition) is 0. The second-order valence-corrected chi connectivity index (χ2v) is 11.7. The van der Waals surface area contributed by atoms with Crippen molar-refractivity contribution in [1.82, 2.24) is 10.0 Å². The van der Waals surface area contributed by atoms with Gasteiger partial charge in [0, 0.05) is 26.2 Å². The molecule has 0 radical (unpaired) electrons. The smallest absolute Gasteiger partial charge is 0.0338 e. The molecule has 0 aliphatic heterocycles. The van der Waals surface area contributed by atoms with Gasteiger partial charge in [-0.15, -0.1) is 0 Å². The summed E-state index contributed by atoms with van der Waals surface area (Å²) in [5.41, 5.74) is 1.31. The van der Waals surface area contributed by atoms with E-state index in [0.29, 0.717) is 0 Å². The van der Waals surface area contributed by atoms with Crippen molar-refractivity contribution in [2.24, 2.45) is 0 Å². The van der Waals surface area contributed by atoms with E-state index >= 15 is 0 Å². The fourth-order valence-corrected chi connectivity index (χ4v) is 5.31. The molecule has 0 amide bonds. The SMILES string of the molecule is C=C(C)CN(CCCCCCCCCCCC)N(CCCCCCCCC)CCCCCCCCC. The molecule has 0 fully saturated rings. The Morgan fingerprint density at radius 3 is 0.917 bits per heavy atom. The molecule has 2 nitrogen and oxygen atoms in total. The average molecular weight is 507 g/mol. The van der Waals surface area contributed by atoms with Gasteiger partial charge in [-0.05, 0) is 26.2 Å². The number of rotatable bonds is 30. The van der Waals surface area contributed by atoms with E-state index in [1.165, 1.54) is 179 Å². The normalized spacial score (nSPS) is 11.7. The van der Waals surface area contributed by atoms with E-state index in [4.69, 9.17) is 0 Å². The topological polar surface area (TPSA) is 6.48 Å². The van der Waals surface area contributed by atoms with Crippen LogP contribution >= 0.6 is 0 Å². The van der Waals surface area contributed by atoms with Crippen LogP contribution in [0.15, 0.2) is 12.2 Å². The van der Waals surface area contributed by atoms with Crippen molar-refractivity contribution in [2.45, 2.75) is 182 Å². The van der Waals surface area contributed by atoms with E-state index in [-0.39, 0.29) is 0 Å². The van der Waals surface area contributed by atoms with Gasteiger partial charge in [0.1, 0.15) is 0 Å². The van der Waals surface area contributed by atoms with Crippen LogP contribution in [0.4, 0.5) is 0 Å². The fraction of sp³-hybridized carbons (Fsp3) is 0.941. The maximum Gasteiger partial charge on any atom is 0.0338 e. The zero-order valence-corrected chi connectivity index (χ0v) is 25.9. The molecule has 0 aromatic heterocycles. The van der Waals surface area contributed by atoms with Crippen molar-refractivity contribution in [3.8, 4) is 0 Å². The van der Waals surface area contributed by atoms with Crippen LogP contribution in [0.5, 0.6) is 0 Å². The largest absolute Gasteiger partial charge is 0.241 e. The molecule has 0 spiro atoms. The first-order chi connectivity index (χ1) is 17.7. The highest BCUT2D eigenvalue weighted by Crippen LogP contribution is 2.15. The lowest BCUT2D eigenvalue weighted by atomic mass is 10.1. The van der Waals surface area contributed by atoms with E-state index in [2.05, 4.69) is 44.3 Å².